The Morgan fingerprint density at radius 2 is 1.82 bits per heavy atom. The number of carbonyl (C=O) groups is 2. The lowest BCUT2D eigenvalue weighted by molar-refractivity contribution is -0.158. The van der Waals surface area contributed by atoms with Crippen LogP contribution in [0.25, 0.3) is 0 Å². The van der Waals surface area contributed by atoms with Gasteiger partial charge in [-0.25, -0.2) is 4.79 Å². The van der Waals surface area contributed by atoms with Gasteiger partial charge < -0.3 is 5.32 Å². The molecule has 1 heterocycles. The SMILES string of the molecule is O=C1CC2(CCCC2)NC(=O)N1CC(F)(F)F. The molecule has 7 heteroatoms. The Kier molecular flexibility index (Phi) is 2.79. The third kappa shape index (κ3) is 2.53. The largest absolute Gasteiger partial charge is 0.406 e. The number of nitrogens with zero attached hydrogens (tertiary/aromatic N) is 1. The topological polar surface area (TPSA) is 49.4 Å². The quantitative estimate of drug-likeness (QED) is 0.771. The Labute approximate surface area is 96.1 Å². The molecule has 2 aliphatic rings. The number of alkyl halides is 3. The van der Waals surface area contributed by atoms with Crippen molar-refractivity contribution in [1.82, 2.24) is 10.2 Å². The molecule has 2 rings (SSSR count). The van der Waals surface area contributed by atoms with Crippen LogP contribution in [0.3, 0.4) is 0 Å². The second-order valence-electron chi connectivity index (χ2n) is 4.69. The maximum absolute atomic E-state index is 12.2. The first-order valence-electron chi connectivity index (χ1n) is 5.51. The molecule has 0 aromatic heterocycles. The van der Waals surface area contributed by atoms with Gasteiger partial charge in [0.15, 0.2) is 0 Å². The molecule has 0 aromatic rings. The minimum absolute atomic E-state index is 0.0190. The monoisotopic (exact) mass is 250 g/mol. The third-order valence-electron chi connectivity index (χ3n) is 3.31. The molecule has 0 radical (unpaired) electrons. The van der Waals surface area contributed by atoms with Gasteiger partial charge in [-0.3, -0.25) is 9.69 Å². The van der Waals surface area contributed by atoms with Crippen molar-refractivity contribution in [3.05, 3.63) is 0 Å². The second-order valence-corrected chi connectivity index (χ2v) is 4.69. The van der Waals surface area contributed by atoms with E-state index in [1.165, 1.54) is 0 Å². The zero-order valence-electron chi connectivity index (χ0n) is 9.14. The normalized spacial score (nSPS) is 24.3. The van der Waals surface area contributed by atoms with Crippen LogP contribution in [0.2, 0.25) is 0 Å². The summed E-state index contributed by atoms with van der Waals surface area (Å²) in [6.45, 7) is -1.51. The predicted molar refractivity (Wildman–Crippen MR) is 52.1 cm³/mol. The van der Waals surface area contributed by atoms with Crippen LogP contribution < -0.4 is 5.32 Å². The van der Waals surface area contributed by atoms with E-state index in [2.05, 4.69) is 5.32 Å². The van der Waals surface area contributed by atoms with Crippen LogP contribution in [-0.4, -0.2) is 35.1 Å². The summed E-state index contributed by atoms with van der Waals surface area (Å²) in [5, 5.41) is 2.56. The fourth-order valence-electron chi connectivity index (χ4n) is 2.53. The number of amides is 3. The van der Waals surface area contributed by atoms with Crippen LogP contribution >= 0.6 is 0 Å². The average molecular weight is 250 g/mol. The second kappa shape index (κ2) is 3.89. The maximum Gasteiger partial charge on any atom is 0.406 e. The van der Waals surface area contributed by atoms with Gasteiger partial charge in [0.1, 0.15) is 6.54 Å². The van der Waals surface area contributed by atoms with Crippen molar-refractivity contribution < 1.29 is 22.8 Å². The molecule has 4 nitrogen and oxygen atoms in total. The minimum Gasteiger partial charge on any atom is -0.332 e. The summed E-state index contributed by atoms with van der Waals surface area (Å²) in [7, 11) is 0. The van der Waals surface area contributed by atoms with E-state index in [0.29, 0.717) is 12.8 Å². The summed E-state index contributed by atoms with van der Waals surface area (Å²) in [5.41, 5.74) is -0.587. The van der Waals surface area contributed by atoms with Gasteiger partial charge in [0.25, 0.3) is 0 Å². The molecule has 1 saturated heterocycles. The molecule has 0 bridgehead atoms. The lowest BCUT2D eigenvalue weighted by atomic mass is 9.91. The standard InChI is InChI=1S/C10H13F3N2O2/c11-10(12,13)6-15-7(16)5-9(14-8(15)17)3-1-2-4-9/h1-6H2,(H,14,17). The Balaban J connectivity index is 2.09. The lowest BCUT2D eigenvalue weighted by Gasteiger charge is -2.38. The molecule has 1 N–H and O–H groups in total. The van der Waals surface area contributed by atoms with Crippen molar-refractivity contribution in [3.63, 3.8) is 0 Å². The third-order valence-corrected chi connectivity index (χ3v) is 3.31. The van der Waals surface area contributed by atoms with Crippen LogP contribution in [0.1, 0.15) is 32.1 Å². The molecule has 1 saturated carbocycles. The van der Waals surface area contributed by atoms with Gasteiger partial charge in [0.2, 0.25) is 5.91 Å². The van der Waals surface area contributed by atoms with Gasteiger partial charge >= 0.3 is 12.2 Å². The van der Waals surface area contributed by atoms with E-state index in [4.69, 9.17) is 0 Å². The Morgan fingerprint density at radius 1 is 1.24 bits per heavy atom. The number of imide groups is 1. The zero-order chi connectivity index (χ0) is 12.7. The van der Waals surface area contributed by atoms with E-state index in [1.807, 2.05) is 0 Å². The molecule has 1 aliphatic heterocycles. The molecule has 1 spiro atoms. The van der Waals surface area contributed by atoms with E-state index in [0.717, 1.165) is 12.8 Å². The maximum atomic E-state index is 12.2. The highest BCUT2D eigenvalue weighted by Crippen LogP contribution is 2.35. The number of nitrogens with one attached hydrogen (secondary N) is 1. The fourth-order valence-corrected chi connectivity index (χ4v) is 2.53. The van der Waals surface area contributed by atoms with E-state index in [1.54, 1.807) is 0 Å². The molecule has 0 atom stereocenters. The van der Waals surface area contributed by atoms with Crippen LogP contribution in [0, 0.1) is 0 Å². The highest BCUT2D eigenvalue weighted by molar-refractivity contribution is 5.98. The Hall–Kier alpha value is -1.27. The predicted octanol–water partition coefficient (Wildman–Crippen LogP) is 1.80. The van der Waals surface area contributed by atoms with Crippen molar-refractivity contribution in [1.29, 1.82) is 0 Å². The summed E-state index contributed by atoms with van der Waals surface area (Å²) < 4.78 is 36.5. The van der Waals surface area contributed by atoms with Gasteiger partial charge in [-0.05, 0) is 12.8 Å². The van der Waals surface area contributed by atoms with Crippen molar-refractivity contribution in [3.8, 4) is 0 Å². The van der Waals surface area contributed by atoms with Crippen molar-refractivity contribution in [2.75, 3.05) is 6.54 Å². The van der Waals surface area contributed by atoms with Crippen LogP contribution in [0.4, 0.5) is 18.0 Å². The van der Waals surface area contributed by atoms with Crippen molar-refractivity contribution >= 4 is 11.9 Å². The molecule has 0 unspecified atom stereocenters. The van der Waals surface area contributed by atoms with Gasteiger partial charge in [-0.15, -0.1) is 0 Å². The first-order valence-corrected chi connectivity index (χ1v) is 5.51. The van der Waals surface area contributed by atoms with Gasteiger partial charge in [0.05, 0.1) is 12.0 Å². The van der Waals surface area contributed by atoms with E-state index in [-0.39, 0.29) is 11.3 Å². The molecule has 17 heavy (non-hydrogen) atoms. The van der Waals surface area contributed by atoms with E-state index >= 15 is 0 Å². The number of hydrogen-bond acceptors (Lipinski definition) is 2. The van der Waals surface area contributed by atoms with Gasteiger partial charge in [-0.2, -0.15) is 13.2 Å². The lowest BCUT2D eigenvalue weighted by Crippen LogP contribution is -2.62. The molecular weight excluding hydrogens is 237 g/mol. The minimum atomic E-state index is -4.55. The fraction of sp³-hybridized carbons (Fsp3) is 0.800. The van der Waals surface area contributed by atoms with Gasteiger partial charge in [-0.1, -0.05) is 12.8 Å². The Morgan fingerprint density at radius 3 is 2.29 bits per heavy atom. The van der Waals surface area contributed by atoms with Gasteiger partial charge in [0, 0.05) is 0 Å². The van der Waals surface area contributed by atoms with Crippen molar-refractivity contribution in [2.45, 2.75) is 43.8 Å². The molecule has 3 amide bonds. The molecule has 2 fully saturated rings. The molecule has 96 valence electrons. The number of rotatable bonds is 1. The molecular formula is C10H13F3N2O2. The smallest absolute Gasteiger partial charge is 0.332 e. The first-order chi connectivity index (χ1) is 7.81. The number of urea groups is 1. The van der Waals surface area contributed by atoms with Crippen LogP contribution in [-0.2, 0) is 4.79 Å². The summed E-state index contributed by atoms with van der Waals surface area (Å²) >= 11 is 0. The highest BCUT2D eigenvalue weighted by atomic mass is 19.4. The van der Waals surface area contributed by atoms with Crippen LogP contribution in [0.5, 0.6) is 0 Å². The Bertz CT molecular complexity index is 328. The summed E-state index contributed by atoms with van der Waals surface area (Å²) in [6, 6.07) is -0.916. The number of halogens is 3. The molecule has 1 aliphatic carbocycles. The zero-order valence-corrected chi connectivity index (χ0v) is 9.14. The number of carbonyl (C=O) groups excluding carboxylic acids is 2. The summed E-state index contributed by atoms with van der Waals surface area (Å²) in [5.74, 6) is -0.729. The first kappa shape index (κ1) is 12.2. The highest BCUT2D eigenvalue weighted by Gasteiger charge is 2.47. The van der Waals surface area contributed by atoms with Crippen LogP contribution in [0.15, 0.2) is 0 Å². The number of hydrogen-bond donors (Lipinski definition) is 1. The van der Waals surface area contributed by atoms with E-state index in [9.17, 15) is 22.8 Å². The molecule has 0 aromatic carbocycles. The van der Waals surface area contributed by atoms with Crippen molar-refractivity contribution in [2.24, 2.45) is 0 Å². The average Bonchev–Trinajstić information content (AvgIpc) is 2.59. The summed E-state index contributed by atoms with van der Waals surface area (Å²) in [6.07, 6.45) is -1.43. The summed E-state index contributed by atoms with van der Waals surface area (Å²) in [4.78, 5) is 23.4. The van der Waals surface area contributed by atoms with E-state index < -0.39 is 30.2 Å².